The molecule has 1 amide bonds. The Bertz CT molecular complexity index is 758. The minimum Gasteiger partial charge on any atom is -0.349 e. The zero-order chi connectivity index (χ0) is 17.0. The number of rotatable bonds is 4. The summed E-state index contributed by atoms with van der Waals surface area (Å²) in [6, 6.07) is 11.8. The van der Waals surface area contributed by atoms with E-state index in [1.807, 2.05) is 20.8 Å². The monoisotopic (exact) mass is 312 g/mol. The highest BCUT2D eigenvalue weighted by atomic mass is 16.2. The Morgan fingerprint density at radius 1 is 1.00 bits per heavy atom. The first-order valence-electron chi connectivity index (χ1n) is 7.38. The van der Waals surface area contributed by atoms with Crippen LogP contribution in [0.2, 0.25) is 0 Å². The van der Waals surface area contributed by atoms with Crippen molar-refractivity contribution in [1.82, 2.24) is 9.88 Å². The van der Waals surface area contributed by atoms with Crippen LogP contribution in [-0.2, 0) is 4.79 Å². The number of nitrogens with one attached hydrogen (secondary N) is 1. The fourth-order valence-corrected chi connectivity index (χ4v) is 2.22. The molecule has 0 radical (unpaired) electrons. The molecule has 1 N–H and O–H groups in total. The standard InChI is InChI=1S/C18H20N2O3/c1-18(2,3)19-17(23)15(20-12-8-7-11-14(20)21)16(22)13-9-5-4-6-10-13/h4-12,15H,1-3H3,(H,19,23). The number of nitrogens with zero attached hydrogens (tertiary/aromatic N) is 1. The number of benzene rings is 1. The van der Waals surface area contributed by atoms with Crippen LogP contribution in [0.4, 0.5) is 0 Å². The first-order chi connectivity index (χ1) is 10.8. The number of carbonyl (C=O) groups is 2. The van der Waals surface area contributed by atoms with Gasteiger partial charge in [0.05, 0.1) is 0 Å². The number of carbonyl (C=O) groups excluding carboxylic acids is 2. The SMILES string of the molecule is CC(C)(C)NC(=O)C(C(=O)c1ccccc1)n1ccccc1=O. The van der Waals surface area contributed by atoms with Crippen LogP contribution in [0.25, 0.3) is 0 Å². The molecule has 0 aliphatic carbocycles. The van der Waals surface area contributed by atoms with Crippen LogP contribution in [0.1, 0.15) is 37.2 Å². The molecular formula is C18H20N2O3. The van der Waals surface area contributed by atoms with Crippen molar-refractivity contribution in [2.75, 3.05) is 0 Å². The minimum atomic E-state index is -1.23. The lowest BCUT2D eigenvalue weighted by Crippen LogP contribution is -2.48. The number of hydrogen-bond donors (Lipinski definition) is 1. The van der Waals surface area contributed by atoms with Gasteiger partial charge in [-0.3, -0.25) is 19.0 Å². The van der Waals surface area contributed by atoms with Crippen LogP contribution in [0.3, 0.4) is 0 Å². The summed E-state index contributed by atoms with van der Waals surface area (Å²) in [7, 11) is 0. The second kappa shape index (κ2) is 6.60. The molecule has 1 atom stereocenters. The van der Waals surface area contributed by atoms with Gasteiger partial charge in [-0.25, -0.2) is 0 Å². The van der Waals surface area contributed by atoms with Crippen LogP contribution >= 0.6 is 0 Å². The summed E-state index contributed by atoms with van der Waals surface area (Å²) in [5.41, 5.74) is -0.520. The summed E-state index contributed by atoms with van der Waals surface area (Å²) in [4.78, 5) is 37.5. The number of aromatic nitrogens is 1. The van der Waals surface area contributed by atoms with Crippen molar-refractivity contribution >= 4 is 11.7 Å². The smallest absolute Gasteiger partial charge is 0.251 e. The third kappa shape index (κ3) is 4.16. The Kier molecular flexibility index (Phi) is 4.79. The van der Waals surface area contributed by atoms with E-state index < -0.39 is 28.8 Å². The summed E-state index contributed by atoms with van der Waals surface area (Å²) in [5, 5.41) is 2.78. The highest BCUT2D eigenvalue weighted by Gasteiger charge is 2.31. The van der Waals surface area contributed by atoms with Gasteiger partial charge in [-0.2, -0.15) is 0 Å². The zero-order valence-corrected chi connectivity index (χ0v) is 13.4. The van der Waals surface area contributed by atoms with Gasteiger partial charge in [0, 0.05) is 23.4 Å². The minimum absolute atomic E-state index is 0.386. The predicted octanol–water partition coefficient (Wildman–Crippen LogP) is 2.19. The van der Waals surface area contributed by atoms with Gasteiger partial charge in [0.25, 0.3) is 11.5 Å². The van der Waals surface area contributed by atoms with Crippen molar-refractivity contribution in [1.29, 1.82) is 0 Å². The maximum atomic E-state index is 12.8. The van der Waals surface area contributed by atoms with E-state index in [0.29, 0.717) is 5.56 Å². The molecule has 5 heteroatoms. The van der Waals surface area contributed by atoms with Crippen molar-refractivity contribution in [3.63, 3.8) is 0 Å². The lowest BCUT2D eigenvalue weighted by Gasteiger charge is -2.25. The normalized spacial score (nSPS) is 12.5. The second-order valence-corrected chi connectivity index (χ2v) is 6.32. The molecule has 0 aliphatic rings. The van der Waals surface area contributed by atoms with Crippen LogP contribution in [0.15, 0.2) is 59.5 Å². The molecule has 0 aliphatic heterocycles. The van der Waals surface area contributed by atoms with Crippen LogP contribution < -0.4 is 10.9 Å². The maximum Gasteiger partial charge on any atom is 0.251 e. The molecule has 0 fully saturated rings. The van der Waals surface area contributed by atoms with Crippen molar-refractivity contribution in [3.05, 3.63) is 70.6 Å². The van der Waals surface area contributed by atoms with Crippen molar-refractivity contribution in [2.24, 2.45) is 0 Å². The average Bonchev–Trinajstić information content (AvgIpc) is 2.48. The molecule has 120 valence electrons. The molecule has 0 bridgehead atoms. The largest absolute Gasteiger partial charge is 0.349 e. The van der Waals surface area contributed by atoms with E-state index in [4.69, 9.17) is 0 Å². The fraction of sp³-hybridized carbons (Fsp3) is 0.278. The number of hydrogen-bond acceptors (Lipinski definition) is 3. The Morgan fingerprint density at radius 3 is 2.17 bits per heavy atom. The molecule has 2 rings (SSSR count). The van der Waals surface area contributed by atoms with Gasteiger partial charge in [-0.05, 0) is 26.8 Å². The number of amides is 1. The van der Waals surface area contributed by atoms with E-state index in [-0.39, 0.29) is 0 Å². The first-order valence-corrected chi connectivity index (χ1v) is 7.38. The van der Waals surface area contributed by atoms with Crippen molar-refractivity contribution in [3.8, 4) is 0 Å². The molecular weight excluding hydrogens is 292 g/mol. The van der Waals surface area contributed by atoms with Crippen LogP contribution in [0.5, 0.6) is 0 Å². The zero-order valence-electron chi connectivity index (χ0n) is 13.4. The molecule has 5 nitrogen and oxygen atoms in total. The Hall–Kier alpha value is -2.69. The van der Waals surface area contributed by atoms with Crippen LogP contribution in [-0.4, -0.2) is 21.8 Å². The first kappa shape index (κ1) is 16.7. The lowest BCUT2D eigenvalue weighted by atomic mass is 10.0. The second-order valence-electron chi connectivity index (χ2n) is 6.32. The van der Waals surface area contributed by atoms with Gasteiger partial charge in [-0.15, -0.1) is 0 Å². The molecule has 0 spiro atoms. The third-order valence-corrected chi connectivity index (χ3v) is 3.18. The quantitative estimate of drug-likeness (QED) is 0.695. The lowest BCUT2D eigenvalue weighted by molar-refractivity contribution is -0.124. The summed E-state index contributed by atoms with van der Waals surface area (Å²) < 4.78 is 1.16. The highest BCUT2D eigenvalue weighted by Crippen LogP contribution is 2.15. The summed E-state index contributed by atoms with van der Waals surface area (Å²) >= 11 is 0. The van der Waals surface area contributed by atoms with E-state index in [1.54, 1.807) is 42.5 Å². The van der Waals surface area contributed by atoms with Gasteiger partial charge in [0.2, 0.25) is 0 Å². The average molecular weight is 312 g/mol. The fourth-order valence-electron chi connectivity index (χ4n) is 2.22. The maximum absolute atomic E-state index is 12.8. The number of pyridine rings is 1. The molecule has 1 unspecified atom stereocenters. The molecule has 2 aromatic rings. The van der Waals surface area contributed by atoms with E-state index in [0.717, 1.165) is 4.57 Å². The molecule has 0 saturated heterocycles. The molecule has 0 saturated carbocycles. The van der Waals surface area contributed by atoms with Gasteiger partial charge >= 0.3 is 0 Å². The predicted molar refractivity (Wildman–Crippen MR) is 88.4 cm³/mol. The van der Waals surface area contributed by atoms with Gasteiger partial charge in [-0.1, -0.05) is 36.4 Å². The Balaban J connectivity index is 2.48. The van der Waals surface area contributed by atoms with Crippen LogP contribution in [0, 0.1) is 0 Å². The number of Topliss-reactive ketones (excluding diaryl/α,β-unsaturated/α-hetero) is 1. The summed E-state index contributed by atoms with van der Waals surface area (Å²) in [6.07, 6.45) is 1.45. The van der Waals surface area contributed by atoms with Crippen molar-refractivity contribution < 1.29 is 9.59 Å². The molecule has 1 heterocycles. The molecule has 1 aromatic carbocycles. The van der Waals surface area contributed by atoms with Crippen molar-refractivity contribution in [2.45, 2.75) is 32.4 Å². The Labute approximate surface area is 135 Å². The summed E-state index contributed by atoms with van der Waals surface area (Å²) in [5.74, 6) is -0.916. The Morgan fingerprint density at radius 2 is 1.61 bits per heavy atom. The van der Waals surface area contributed by atoms with E-state index in [2.05, 4.69) is 5.32 Å². The third-order valence-electron chi connectivity index (χ3n) is 3.18. The molecule has 1 aromatic heterocycles. The van der Waals surface area contributed by atoms with E-state index in [1.165, 1.54) is 12.3 Å². The van der Waals surface area contributed by atoms with Gasteiger partial charge in [0.1, 0.15) is 0 Å². The highest BCUT2D eigenvalue weighted by molar-refractivity contribution is 6.11. The van der Waals surface area contributed by atoms with E-state index in [9.17, 15) is 14.4 Å². The summed E-state index contributed by atoms with van der Waals surface area (Å²) in [6.45, 7) is 5.47. The molecule has 23 heavy (non-hydrogen) atoms. The van der Waals surface area contributed by atoms with E-state index >= 15 is 0 Å². The number of ketones is 1. The topological polar surface area (TPSA) is 68.2 Å². The van der Waals surface area contributed by atoms with Gasteiger partial charge < -0.3 is 5.32 Å². The van der Waals surface area contributed by atoms with Gasteiger partial charge in [0.15, 0.2) is 11.8 Å².